The highest BCUT2D eigenvalue weighted by atomic mass is 16.5. The highest BCUT2D eigenvalue weighted by Crippen LogP contribution is 2.34. The van der Waals surface area contributed by atoms with Gasteiger partial charge in [-0.05, 0) is 26.8 Å². The van der Waals surface area contributed by atoms with Gasteiger partial charge in [-0.1, -0.05) is 19.0 Å². The van der Waals surface area contributed by atoms with Gasteiger partial charge in [0.1, 0.15) is 17.4 Å². The maximum Gasteiger partial charge on any atom is 0.147 e. The molecule has 0 bridgehead atoms. The zero-order valence-electron chi connectivity index (χ0n) is 15.1. The van der Waals surface area contributed by atoms with E-state index in [1.165, 1.54) is 0 Å². The maximum absolute atomic E-state index is 5.91. The fraction of sp³-hybridized carbons (Fsp3) is 0.706. The molecule has 0 unspecified atom stereocenters. The second kappa shape index (κ2) is 7.03. The summed E-state index contributed by atoms with van der Waals surface area (Å²) >= 11 is 0. The summed E-state index contributed by atoms with van der Waals surface area (Å²) < 4.78 is 7.60. The third-order valence-electron chi connectivity index (χ3n) is 4.70. The Balaban J connectivity index is 1.64. The summed E-state index contributed by atoms with van der Waals surface area (Å²) in [7, 11) is 2.07. The molecule has 0 amide bonds. The molecular weight excluding hydrogens is 304 g/mol. The average Bonchev–Trinajstić information content (AvgIpc) is 3.10. The summed E-state index contributed by atoms with van der Waals surface area (Å²) in [5.41, 5.74) is 6.87. The molecule has 0 spiro atoms. The van der Waals surface area contributed by atoms with Crippen LogP contribution < -0.4 is 5.73 Å². The molecule has 1 aliphatic rings. The van der Waals surface area contributed by atoms with E-state index in [2.05, 4.69) is 52.6 Å². The van der Waals surface area contributed by atoms with Gasteiger partial charge >= 0.3 is 0 Å². The second-order valence-electron chi connectivity index (χ2n) is 7.19. The molecular formula is C17H28N6O. The average molecular weight is 332 g/mol. The van der Waals surface area contributed by atoms with E-state index < -0.39 is 0 Å². The van der Waals surface area contributed by atoms with E-state index in [1.807, 2.05) is 6.07 Å². The third kappa shape index (κ3) is 3.52. The van der Waals surface area contributed by atoms with Crippen LogP contribution in [0.4, 0.5) is 0 Å². The van der Waals surface area contributed by atoms with Gasteiger partial charge in [0.05, 0.1) is 12.2 Å². The smallest absolute Gasteiger partial charge is 0.147 e. The van der Waals surface area contributed by atoms with Crippen molar-refractivity contribution in [1.82, 2.24) is 24.8 Å². The van der Waals surface area contributed by atoms with E-state index in [4.69, 9.17) is 10.3 Å². The van der Waals surface area contributed by atoms with E-state index >= 15 is 0 Å². The lowest BCUT2D eigenvalue weighted by Gasteiger charge is -2.31. The van der Waals surface area contributed by atoms with Gasteiger partial charge in [0.2, 0.25) is 0 Å². The van der Waals surface area contributed by atoms with E-state index in [0.29, 0.717) is 17.9 Å². The number of hydrogen-bond donors (Lipinski definition) is 1. The van der Waals surface area contributed by atoms with Crippen LogP contribution in [0.1, 0.15) is 68.6 Å². The monoisotopic (exact) mass is 332 g/mol. The topological polar surface area (TPSA) is 86.0 Å². The van der Waals surface area contributed by atoms with E-state index in [0.717, 1.165) is 55.6 Å². The molecule has 1 fully saturated rings. The number of rotatable bonds is 7. The molecule has 0 aliphatic heterocycles. The molecule has 7 heteroatoms. The van der Waals surface area contributed by atoms with Gasteiger partial charge in [-0.3, -0.25) is 4.90 Å². The van der Waals surface area contributed by atoms with Crippen molar-refractivity contribution in [3.05, 3.63) is 29.2 Å². The van der Waals surface area contributed by atoms with Crippen LogP contribution in [0, 0.1) is 0 Å². The van der Waals surface area contributed by atoms with Crippen molar-refractivity contribution < 1.29 is 4.52 Å². The third-order valence-corrected chi connectivity index (χ3v) is 4.70. The van der Waals surface area contributed by atoms with Crippen LogP contribution >= 0.6 is 0 Å². The summed E-state index contributed by atoms with van der Waals surface area (Å²) in [5, 5.41) is 13.0. The SMILES string of the molecule is CCn1c(CN(C)Cc2cc(C(C)C)on2)nnc1C1CC(N)C1. The van der Waals surface area contributed by atoms with Crippen molar-refractivity contribution in [2.24, 2.45) is 5.73 Å². The van der Waals surface area contributed by atoms with E-state index in [1.54, 1.807) is 0 Å². The van der Waals surface area contributed by atoms with Crippen molar-refractivity contribution in [3.63, 3.8) is 0 Å². The Labute approximate surface area is 143 Å². The zero-order chi connectivity index (χ0) is 17.3. The fourth-order valence-corrected chi connectivity index (χ4v) is 3.23. The molecule has 0 atom stereocenters. The van der Waals surface area contributed by atoms with Gasteiger partial charge in [-0.25, -0.2) is 0 Å². The predicted molar refractivity (Wildman–Crippen MR) is 91.4 cm³/mol. The number of aromatic nitrogens is 4. The van der Waals surface area contributed by atoms with E-state index in [-0.39, 0.29) is 0 Å². The second-order valence-corrected chi connectivity index (χ2v) is 7.19. The molecule has 0 aromatic carbocycles. The predicted octanol–water partition coefficient (Wildman–Crippen LogP) is 2.25. The summed E-state index contributed by atoms with van der Waals surface area (Å²) in [6, 6.07) is 2.36. The summed E-state index contributed by atoms with van der Waals surface area (Å²) in [4.78, 5) is 2.19. The lowest BCUT2D eigenvalue weighted by molar-refractivity contribution is 0.286. The maximum atomic E-state index is 5.91. The first kappa shape index (κ1) is 17.1. The highest BCUT2D eigenvalue weighted by Gasteiger charge is 2.32. The van der Waals surface area contributed by atoms with Crippen LogP contribution in [0.15, 0.2) is 10.6 Å². The van der Waals surface area contributed by atoms with Crippen LogP contribution in [-0.2, 0) is 19.6 Å². The van der Waals surface area contributed by atoms with Crippen molar-refractivity contribution in [1.29, 1.82) is 0 Å². The Bertz CT molecular complexity index is 670. The molecule has 3 rings (SSSR count). The van der Waals surface area contributed by atoms with Crippen LogP contribution in [0.5, 0.6) is 0 Å². The molecule has 1 saturated carbocycles. The standard InChI is InChI=1S/C17H28N6O/c1-5-23-16(19-20-17(23)12-6-13(18)7-12)10-22(4)9-14-8-15(11(2)3)24-21-14/h8,11-13H,5-7,9-10,18H2,1-4H3. The Kier molecular flexibility index (Phi) is 5.01. The Morgan fingerprint density at radius 3 is 2.67 bits per heavy atom. The molecule has 0 saturated heterocycles. The van der Waals surface area contributed by atoms with Gasteiger partial charge in [0, 0.05) is 37.0 Å². The Morgan fingerprint density at radius 1 is 1.33 bits per heavy atom. The lowest BCUT2D eigenvalue weighted by Crippen LogP contribution is -2.36. The molecule has 0 radical (unpaired) electrons. The normalized spacial score (nSPS) is 20.8. The minimum Gasteiger partial charge on any atom is -0.361 e. The Hall–Kier alpha value is -1.73. The molecule has 132 valence electrons. The summed E-state index contributed by atoms with van der Waals surface area (Å²) in [6.45, 7) is 8.71. The van der Waals surface area contributed by atoms with Crippen molar-refractivity contribution >= 4 is 0 Å². The van der Waals surface area contributed by atoms with Crippen molar-refractivity contribution in [2.45, 2.75) is 71.1 Å². The largest absolute Gasteiger partial charge is 0.361 e. The molecule has 7 nitrogen and oxygen atoms in total. The van der Waals surface area contributed by atoms with Gasteiger partial charge in [-0.2, -0.15) is 0 Å². The van der Waals surface area contributed by atoms with Crippen LogP contribution in [-0.4, -0.2) is 37.9 Å². The highest BCUT2D eigenvalue weighted by molar-refractivity contribution is 5.10. The molecule has 1 aliphatic carbocycles. The number of hydrogen-bond acceptors (Lipinski definition) is 6. The van der Waals surface area contributed by atoms with Crippen LogP contribution in [0.25, 0.3) is 0 Å². The molecule has 2 aromatic heterocycles. The van der Waals surface area contributed by atoms with Crippen LogP contribution in [0.3, 0.4) is 0 Å². The first-order chi connectivity index (χ1) is 11.5. The minimum absolute atomic E-state index is 0.324. The number of nitrogens with two attached hydrogens (primary N) is 1. The quantitative estimate of drug-likeness (QED) is 0.837. The van der Waals surface area contributed by atoms with Gasteiger partial charge in [0.15, 0.2) is 0 Å². The minimum atomic E-state index is 0.324. The van der Waals surface area contributed by atoms with Gasteiger partial charge in [0.25, 0.3) is 0 Å². The first-order valence-electron chi connectivity index (χ1n) is 8.79. The molecule has 2 N–H and O–H groups in total. The summed E-state index contributed by atoms with van der Waals surface area (Å²) in [6.07, 6.45) is 2.04. The summed E-state index contributed by atoms with van der Waals surface area (Å²) in [5.74, 6) is 3.85. The molecule has 2 heterocycles. The van der Waals surface area contributed by atoms with Gasteiger partial charge < -0.3 is 14.8 Å². The Morgan fingerprint density at radius 2 is 2.08 bits per heavy atom. The van der Waals surface area contributed by atoms with Gasteiger partial charge in [-0.15, -0.1) is 10.2 Å². The van der Waals surface area contributed by atoms with Crippen molar-refractivity contribution in [3.8, 4) is 0 Å². The number of nitrogens with zero attached hydrogens (tertiary/aromatic N) is 5. The first-order valence-corrected chi connectivity index (χ1v) is 8.79. The van der Waals surface area contributed by atoms with Crippen LogP contribution in [0.2, 0.25) is 0 Å². The zero-order valence-corrected chi connectivity index (χ0v) is 15.1. The van der Waals surface area contributed by atoms with Crippen molar-refractivity contribution in [2.75, 3.05) is 7.05 Å². The molecule has 24 heavy (non-hydrogen) atoms. The fourth-order valence-electron chi connectivity index (χ4n) is 3.23. The lowest BCUT2D eigenvalue weighted by atomic mass is 9.80. The molecule has 2 aromatic rings. The van der Waals surface area contributed by atoms with E-state index in [9.17, 15) is 0 Å².